The van der Waals surface area contributed by atoms with Crippen molar-refractivity contribution in [3.05, 3.63) is 48.3 Å². The third kappa shape index (κ3) is 3.66. The normalized spacial score (nSPS) is 12.1. The Hall–Kier alpha value is -2.18. The van der Waals surface area contributed by atoms with Crippen LogP contribution in [0.2, 0.25) is 0 Å². The highest BCUT2D eigenvalue weighted by Gasteiger charge is 2.09. The van der Waals surface area contributed by atoms with E-state index >= 15 is 0 Å². The van der Waals surface area contributed by atoms with Crippen LogP contribution in [0.25, 0.3) is 5.69 Å². The molecule has 106 valence electrons. The summed E-state index contributed by atoms with van der Waals surface area (Å²) in [6.07, 6.45) is 2.77. The number of nitrogens with one attached hydrogen (secondary N) is 1. The minimum atomic E-state index is -0.710. The van der Waals surface area contributed by atoms with Crippen LogP contribution in [0.15, 0.2) is 42.7 Å². The van der Waals surface area contributed by atoms with Gasteiger partial charge in [-0.1, -0.05) is 6.07 Å². The van der Waals surface area contributed by atoms with Crippen LogP contribution < -0.4 is 5.32 Å². The molecule has 20 heavy (non-hydrogen) atoms. The molecular weight excluding hydrogens is 258 g/mol. The fourth-order valence-electron chi connectivity index (χ4n) is 1.78. The number of carbonyl (C=O) groups is 1. The molecule has 0 aliphatic carbocycles. The molecule has 0 saturated heterocycles. The van der Waals surface area contributed by atoms with E-state index in [9.17, 15) is 9.90 Å². The van der Waals surface area contributed by atoms with Crippen LogP contribution in [0.5, 0.6) is 0 Å². The van der Waals surface area contributed by atoms with Crippen molar-refractivity contribution in [1.29, 1.82) is 0 Å². The molecule has 0 aliphatic heterocycles. The molecule has 2 rings (SSSR count). The van der Waals surface area contributed by atoms with Gasteiger partial charge in [-0.25, -0.2) is 4.68 Å². The molecular formula is C14H17N3O3. The lowest BCUT2D eigenvalue weighted by atomic mass is 10.2. The molecule has 0 saturated carbocycles. The maximum atomic E-state index is 12.0. The van der Waals surface area contributed by atoms with Crippen molar-refractivity contribution in [3.8, 4) is 5.69 Å². The van der Waals surface area contributed by atoms with E-state index in [0.29, 0.717) is 5.56 Å². The Balaban J connectivity index is 2.02. The predicted octanol–water partition coefficient (Wildman–Crippen LogP) is 0.609. The molecule has 0 fully saturated rings. The Labute approximate surface area is 117 Å². The average molecular weight is 275 g/mol. The summed E-state index contributed by atoms with van der Waals surface area (Å²) in [7, 11) is 1.50. The fraction of sp³-hybridized carbons (Fsp3) is 0.286. The summed E-state index contributed by atoms with van der Waals surface area (Å²) < 4.78 is 6.47. The molecule has 1 unspecified atom stereocenters. The molecule has 6 heteroatoms. The van der Waals surface area contributed by atoms with Crippen LogP contribution in [0.4, 0.5) is 0 Å². The van der Waals surface area contributed by atoms with Gasteiger partial charge < -0.3 is 15.2 Å². The molecule has 1 aromatic carbocycles. The number of rotatable bonds is 6. The zero-order valence-corrected chi connectivity index (χ0v) is 11.2. The first-order chi connectivity index (χ1) is 9.70. The number of aliphatic hydroxyl groups is 1. The number of benzene rings is 1. The zero-order chi connectivity index (χ0) is 14.4. The lowest BCUT2D eigenvalue weighted by Gasteiger charge is -2.11. The predicted molar refractivity (Wildman–Crippen MR) is 73.8 cm³/mol. The summed E-state index contributed by atoms with van der Waals surface area (Å²) in [5.41, 5.74) is 1.32. The van der Waals surface area contributed by atoms with Crippen LogP contribution in [-0.4, -0.2) is 47.2 Å². The van der Waals surface area contributed by atoms with Gasteiger partial charge in [0.1, 0.15) is 0 Å². The summed E-state index contributed by atoms with van der Waals surface area (Å²) >= 11 is 0. The Morgan fingerprint density at radius 1 is 1.50 bits per heavy atom. The SMILES string of the molecule is COCC(O)CNC(=O)c1cccc(-n2cccn2)c1. The molecule has 0 radical (unpaired) electrons. The molecule has 1 aromatic heterocycles. The van der Waals surface area contributed by atoms with E-state index in [-0.39, 0.29) is 19.1 Å². The van der Waals surface area contributed by atoms with Gasteiger partial charge in [-0.3, -0.25) is 4.79 Å². The number of nitrogens with zero attached hydrogens (tertiary/aromatic N) is 2. The van der Waals surface area contributed by atoms with Gasteiger partial charge in [0.15, 0.2) is 0 Å². The molecule has 1 atom stereocenters. The summed E-state index contributed by atoms with van der Waals surface area (Å²) in [4.78, 5) is 12.0. The number of hydrogen-bond acceptors (Lipinski definition) is 4. The third-order valence-corrected chi connectivity index (χ3v) is 2.73. The minimum Gasteiger partial charge on any atom is -0.389 e. The van der Waals surface area contributed by atoms with Gasteiger partial charge in [-0.05, 0) is 24.3 Å². The Morgan fingerprint density at radius 3 is 3.05 bits per heavy atom. The van der Waals surface area contributed by atoms with Gasteiger partial charge in [-0.15, -0.1) is 0 Å². The lowest BCUT2D eigenvalue weighted by Crippen LogP contribution is -2.34. The first-order valence-electron chi connectivity index (χ1n) is 6.26. The minimum absolute atomic E-state index is 0.151. The van der Waals surface area contributed by atoms with E-state index in [2.05, 4.69) is 10.4 Å². The van der Waals surface area contributed by atoms with Crippen molar-refractivity contribution in [2.45, 2.75) is 6.10 Å². The summed E-state index contributed by atoms with van der Waals surface area (Å²) in [5, 5.41) is 16.3. The number of carbonyl (C=O) groups excluding carboxylic acids is 1. The highest BCUT2D eigenvalue weighted by Crippen LogP contribution is 2.09. The number of amides is 1. The number of hydrogen-bond donors (Lipinski definition) is 2. The monoisotopic (exact) mass is 275 g/mol. The third-order valence-electron chi connectivity index (χ3n) is 2.73. The van der Waals surface area contributed by atoms with Crippen LogP contribution in [0, 0.1) is 0 Å². The van der Waals surface area contributed by atoms with Gasteiger partial charge in [0.2, 0.25) is 0 Å². The van der Waals surface area contributed by atoms with E-state index in [1.807, 2.05) is 12.1 Å². The molecule has 0 aliphatic rings. The maximum absolute atomic E-state index is 12.0. The van der Waals surface area contributed by atoms with Crippen molar-refractivity contribution >= 4 is 5.91 Å². The average Bonchev–Trinajstić information content (AvgIpc) is 2.99. The fourth-order valence-corrected chi connectivity index (χ4v) is 1.78. The topological polar surface area (TPSA) is 76.4 Å². The Bertz CT molecular complexity index is 555. The van der Waals surface area contributed by atoms with Crippen LogP contribution in [0.3, 0.4) is 0 Å². The first-order valence-corrected chi connectivity index (χ1v) is 6.26. The van der Waals surface area contributed by atoms with Crippen LogP contribution in [0.1, 0.15) is 10.4 Å². The van der Waals surface area contributed by atoms with Crippen molar-refractivity contribution < 1.29 is 14.6 Å². The summed E-state index contributed by atoms with van der Waals surface area (Å²) in [6, 6.07) is 8.92. The van der Waals surface area contributed by atoms with Crippen LogP contribution >= 0.6 is 0 Å². The van der Waals surface area contributed by atoms with Crippen molar-refractivity contribution in [2.75, 3.05) is 20.3 Å². The van der Waals surface area contributed by atoms with Crippen molar-refractivity contribution in [2.24, 2.45) is 0 Å². The van der Waals surface area contributed by atoms with E-state index in [1.54, 1.807) is 35.3 Å². The maximum Gasteiger partial charge on any atom is 0.251 e. The van der Waals surface area contributed by atoms with E-state index < -0.39 is 6.10 Å². The number of aliphatic hydroxyl groups excluding tert-OH is 1. The summed E-state index contributed by atoms with van der Waals surface area (Å²) in [5.74, 6) is -0.242. The largest absolute Gasteiger partial charge is 0.389 e. The van der Waals surface area contributed by atoms with Crippen LogP contribution in [-0.2, 0) is 4.74 Å². The zero-order valence-electron chi connectivity index (χ0n) is 11.2. The Morgan fingerprint density at radius 2 is 2.35 bits per heavy atom. The molecule has 0 spiro atoms. The van der Waals surface area contributed by atoms with Gasteiger partial charge in [-0.2, -0.15) is 5.10 Å². The quantitative estimate of drug-likeness (QED) is 0.810. The van der Waals surface area contributed by atoms with E-state index in [4.69, 9.17) is 4.74 Å². The second-order valence-corrected chi connectivity index (χ2v) is 4.32. The van der Waals surface area contributed by atoms with Crippen molar-refractivity contribution in [1.82, 2.24) is 15.1 Å². The second kappa shape index (κ2) is 6.83. The number of ether oxygens (including phenoxy) is 1. The molecule has 6 nitrogen and oxygen atoms in total. The summed E-state index contributed by atoms with van der Waals surface area (Å²) in [6.45, 7) is 0.340. The molecule has 2 aromatic rings. The standard InChI is InChI=1S/C14H17N3O3/c1-20-10-13(18)9-15-14(19)11-4-2-5-12(8-11)17-7-3-6-16-17/h2-8,13,18H,9-10H2,1H3,(H,15,19). The smallest absolute Gasteiger partial charge is 0.251 e. The highest BCUT2D eigenvalue weighted by molar-refractivity contribution is 5.94. The molecule has 1 heterocycles. The van der Waals surface area contributed by atoms with E-state index in [0.717, 1.165) is 5.69 Å². The number of aromatic nitrogens is 2. The van der Waals surface area contributed by atoms with Gasteiger partial charge in [0, 0.05) is 31.6 Å². The van der Waals surface area contributed by atoms with Crippen molar-refractivity contribution in [3.63, 3.8) is 0 Å². The lowest BCUT2D eigenvalue weighted by molar-refractivity contribution is 0.0610. The van der Waals surface area contributed by atoms with Gasteiger partial charge in [0.25, 0.3) is 5.91 Å². The molecule has 1 amide bonds. The Kier molecular flexibility index (Phi) is 4.86. The molecule has 2 N–H and O–H groups in total. The van der Waals surface area contributed by atoms with Gasteiger partial charge >= 0.3 is 0 Å². The number of methoxy groups -OCH3 is 1. The highest BCUT2D eigenvalue weighted by atomic mass is 16.5. The first kappa shape index (κ1) is 14.2. The second-order valence-electron chi connectivity index (χ2n) is 4.32. The van der Waals surface area contributed by atoms with Gasteiger partial charge in [0.05, 0.1) is 18.4 Å². The van der Waals surface area contributed by atoms with E-state index in [1.165, 1.54) is 7.11 Å². The molecule has 0 bridgehead atoms.